The van der Waals surface area contributed by atoms with Crippen molar-refractivity contribution in [1.29, 1.82) is 0 Å². The van der Waals surface area contributed by atoms with Crippen molar-refractivity contribution in [1.82, 2.24) is 13.9 Å². The predicted octanol–water partition coefficient (Wildman–Crippen LogP) is 4.71. The number of hydrogen-bond acceptors (Lipinski definition) is 4. The monoisotopic (exact) mass is 530 g/mol. The van der Waals surface area contributed by atoms with Crippen LogP contribution in [0.4, 0.5) is 18.9 Å². The molecule has 2 saturated heterocycles. The molecule has 1 atom stereocenters. The molecule has 0 saturated carbocycles. The first-order valence-electron chi connectivity index (χ1n) is 12.7. The number of sulfonamides is 1. The molecular formula is C27H29F3N4O2S. The number of hydrogen-bond donors (Lipinski definition) is 0. The Kier molecular flexibility index (Phi) is 5.87. The number of imidazole rings is 1. The molecule has 6 rings (SSSR count). The van der Waals surface area contributed by atoms with Gasteiger partial charge >= 0.3 is 6.18 Å². The summed E-state index contributed by atoms with van der Waals surface area (Å²) in [6.45, 7) is 2.11. The second-order valence-electron chi connectivity index (χ2n) is 10.4. The number of benzene rings is 2. The normalized spacial score (nSPS) is 20.5. The summed E-state index contributed by atoms with van der Waals surface area (Å²) >= 11 is 0. The number of alkyl halides is 3. The van der Waals surface area contributed by atoms with Gasteiger partial charge in [0.1, 0.15) is 0 Å². The zero-order valence-corrected chi connectivity index (χ0v) is 21.4. The number of rotatable bonds is 6. The first kappa shape index (κ1) is 24.5. The minimum atomic E-state index is -4.38. The average Bonchev–Trinajstić information content (AvgIpc) is 3.38. The summed E-state index contributed by atoms with van der Waals surface area (Å²) in [4.78, 5) is 5.85. The molecule has 2 aliphatic heterocycles. The molecule has 2 fully saturated rings. The second-order valence-corrected chi connectivity index (χ2v) is 12.3. The van der Waals surface area contributed by atoms with Crippen LogP contribution in [0.3, 0.4) is 0 Å². The molecule has 0 N–H and O–H groups in total. The van der Waals surface area contributed by atoms with Crippen LogP contribution in [0, 0.1) is 0 Å². The molecule has 0 spiro atoms. The van der Waals surface area contributed by atoms with Crippen LogP contribution >= 0.6 is 0 Å². The summed E-state index contributed by atoms with van der Waals surface area (Å²) in [5, 5.41) is 0.0570. The van der Waals surface area contributed by atoms with Gasteiger partial charge in [0.05, 0.1) is 17.6 Å². The van der Waals surface area contributed by atoms with Gasteiger partial charge in [-0.1, -0.05) is 30.3 Å². The lowest BCUT2D eigenvalue weighted by Crippen LogP contribution is -2.48. The molecule has 0 radical (unpaired) electrons. The maximum atomic E-state index is 13.8. The molecule has 3 heterocycles. The lowest BCUT2D eigenvalue weighted by Gasteiger charge is -2.38. The van der Waals surface area contributed by atoms with Crippen LogP contribution in [-0.2, 0) is 36.1 Å². The van der Waals surface area contributed by atoms with Crippen LogP contribution in [0.15, 0.2) is 53.9 Å². The second kappa shape index (κ2) is 8.87. The van der Waals surface area contributed by atoms with Gasteiger partial charge in [-0.05, 0) is 59.9 Å². The van der Waals surface area contributed by atoms with E-state index in [0.717, 1.165) is 30.4 Å². The summed E-state index contributed by atoms with van der Waals surface area (Å²) in [6.07, 6.45) is 1.88. The third-order valence-corrected chi connectivity index (χ3v) is 9.76. The Morgan fingerprint density at radius 1 is 1.11 bits per heavy atom. The van der Waals surface area contributed by atoms with Crippen molar-refractivity contribution >= 4 is 15.7 Å². The predicted molar refractivity (Wildman–Crippen MR) is 134 cm³/mol. The zero-order chi connectivity index (χ0) is 25.9. The van der Waals surface area contributed by atoms with Gasteiger partial charge in [0.2, 0.25) is 0 Å². The fraction of sp³-hybridized carbons (Fsp3) is 0.444. The van der Waals surface area contributed by atoms with Gasteiger partial charge in [-0.15, -0.1) is 0 Å². The minimum absolute atomic E-state index is 0.0570. The van der Waals surface area contributed by atoms with Crippen molar-refractivity contribution in [2.45, 2.75) is 48.7 Å². The van der Waals surface area contributed by atoms with Crippen molar-refractivity contribution in [3.63, 3.8) is 0 Å². The van der Waals surface area contributed by atoms with Crippen molar-refractivity contribution in [2.24, 2.45) is 7.05 Å². The average molecular weight is 531 g/mol. The minimum Gasteiger partial charge on any atom is -0.371 e. The maximum Gasteiger partial charge on any atom is 0.418 e. The molecule has 1 unspecified atom stereocenters. The molecule has 1 aliphatic carbocycles. The highest BCUT2D eigenvalue weighted by molar-refractivity contribution is 7.89. The van der Waals surface area contributed by atoms with Crippen molar-refractivity contribution in [3.05, 3.63) is 76.7 Å². The van der Waals surface area contributed by atoms with Crippen LogP contribution in [0.25, 0.3) is 0 Å². The van der Waals surface area contributed by atoms with E-state index in [1.807, 2.05) is 11.0 Å². The van der Waals surface area contributed by atoms with E-state index in [0.29, 0.717) is 38.3 Å². The standard InChI is InChI=1S/C27H29F3N4O2S/c1-32-16-25(31-17-32)37(35,36)34-14-22(15-34)19-8-6-18-7-9-20(23(18)13-19)12-21-4-2-5-24(27(28,29)30)26(21)33-10-3-11-33/h2,4-6,8,13,16-17,20,22H,3,7,9-12,14-15H2,1H3. The topological polar surface area (TPSA) is 58.4 Å². The van der Waals surface area contributed by atoms with Gasteiger partial charge in [-0.2, -0.15) is 17.5 Å². The highest BCUT2D eigenvalue weighted by atomic mass is 32.2. The van der Waals surface area contributed by atoms with Crippen LogP contribution in [-0.4, -0.2) is 48.5 Å². The van der Waals surface area contributed by atoms with E-state index in [4.69, 9.17) is 0 Å². The third-order valence-electron chi connectivity index (χ3n) is 8.04. The Balaban J connectivity index is 1.22. The van der Waals surface area contributed by atoms with E-state index in [9.17, 15) is 21.6 Å². The quantitative estimate of drug-likeness (QED) is 0.463. The third kappa shape index (κ3) is 4.33. The zero-order valence-electron chi connectivity index (χ0n) is 20.6. The van der Waals surface area contributed by atoms with Crippen LogP contribution < -0.4 is 4.90 Å². The Bertz CT molecular complexity index is 1440. The molecule has 2 aromatic carbocycles. The molecular weight excluding hydrogens is 501 g/mol. The lowest BCUT2D eigenvalue weighted by atomic mass is 9.87. The van der Waals surface area contributed by atoms with Crippen LogP contribution in [0.2, 0.25) is 0 Å². The van der Waals surface area contributed by atoms with Gasteiger partial charge in [0.25, 0.3) is 10.0 Å². The molecule has 1 aromatic heterocycles. The highest BCUT2D eigenvalue weighted by Crippen LogP contribution is 2.44. The van der Waals surface area contributed by atoms with Gasteiger partial charge < -0.3 is 9.47 Å². The molecule has 196 valence electrons. The Morgan fingerprint density at radius 3 is 2.54 bits per heavy atom. The van der Waals surface area contributed by atoms with Gasteiger partial charge in [-0.3, -0.25) is 0 Å². The van der Waals surface area contributed by atoms with E-state index >= 15 is 0 Å². The van der Waals surface area contributed by atoms with Gasteiger partial charge in [-0.25, -0.2) is 13.4 Å². The largest absolute Gasteiger partial charge is 0.418 e. The molecule has 37 heavy (non-hydrogen) atoms. The molecule has 0 amide bonds. The highest BCUT2D eigenvalue weighted by Gasteiger charge is 2.40. The van der Waals surface area contributed by atoms with E-state index in [2.05, 4.69) is 23.2 Å². The summed E-state index contributed by atoms with van der Waals surface area (Å²) in [5.41, 5.74) is 4.08. The maximum absolute atomic E-state index is 13.8. The number of para-hydroxylation sites is 1. The van der Waals surface area contributed by atoms with Gasteiger partial charge in [0.15, 0.2) is 5.03 Å². The molecule has 10 heteroatoms. The van der Waals surface area contributed by atoms with Crippen LogP contribution in [0.1, 0.15) is 52.5 Å². The van der Waals surface area contributed by atoms with Crippen molar-refractivity contribution < 1.29 is 21.6 Å². The molecule has 0 bridgehead atoms. The first-order chi connectivity index (χ1) is 17.6. The lowest BCUT2D eigenvalue weighted by molar-refractivity contribution is -0.137. The summed E-state index contributed by atoms with van der Waals surface area (Å²) in [5.74, 6) is 0.238. The fourth-order valence-corrected chi connectivity index (χ4v) is 7.33. The number of nitrogens with zero attached hydrogens (tertiary/aromatic N) is 4. The first-order valence-corrected chi connectivity index (χ1v) is 14.1. The summed E-state index contributed by atoms with van der Waals surface area (Å²) in [7, 11) is -1.87. The molecule has 3 aliphatic rings. The van der Waals surface area contributed by atoms with E-state index in [1.165, 1.54) is 40.1 Å². The molecule has 6 nitrogen and oxygen atoms in total. The van der Waals surface area contributed by atoms with Crippen molar-refractivity contribution in [3.8, 4) is 0 Å². The van der Waals surface area contributed by atoms with Crippen molar-refractivity contribution in [2.75, 3.05) is 31.1 Å². The van der Waals surface area contributed by atoms with E-state index < -0.39 is 21.8 Å². The summed E-state index contributed by atoms with van der Waals surface area (Å²) < 4.78 is 70.2. The number of fused-ring (bicyclic) bond motifs is 1. The number of halogens is 3. The number of anilines is 1. The fourth-order valence-electron chi connectivity index (χ4n) is 5.84. The van der Waals surface area contributed by atoms with Gasteiger partial charge in [0, 0.05) is 45.3 Å². The Hall–Kier alpha value is -2.85. The Labute approximate surface area is 214 Å². The number of aryl methyl sites for hydroxylation is 2. The van der Waals surface area contributed by atoms with Crippen LogP contribution in [0.5, 0.6) is 0 Å². The summed E-state index contributed by atoms with van der Waals surface area (Å²) in [6, 6.07) is 10.9. The molecule has 3 aromatic rings. The van der Waals surface area contributed by atoms with E-state index in [-0.39, 0.29) is 16.9 Å². The smallest absolute Gasteiger partial charge is 0.371 e. The number of aromatic nitrogens is 2. The van der Waals surface area contributed by atoms with E-state index in [1.54, 1.807) is 11.6 Å². The SMILES string of the molecule is Cn1cnc(S(=O)(=O)N2CC(c3ccc4c(c3)C(Cc3cccc(C(F)(F)F)c3N3CCC3)CC4)C2)c1. The Morgan fingerprint density at radius 2 is 1.89 bits per heavy atom.